The van der Waals surface area contributed by atoms with Crippen molar-refractivity contribution in [1.82, 2.24) is 14.4 Å². The Kier molecular flexibility index (Phi) is 8.26. The number of carbonyl (C=O) groups excluding carboxylic acids is 2. The molecular weight excluding hydrogens is 490 g/mol. The molecule has 2 aromatic rings. The average Bonchev–Trinajstić information content (AvgIpc) is 3.12. The van der Waals surface area contributed by atoms with E-state index in [1.54, 1.807) is 39.0 Å². The van der Waals surface area contributed by atoms with Gasteiger partial charge < -0.3 is 29.9 Å². The normalized spacial score (nSPS) is 19.2. The highest BCUT2D eigenvalue weighted by molar-refractivity contribution is 7.88. The lowest BCUT2D eigenvalue weighted by molar-refractivity contribution is 0.0389. The summed E-state index contributed by atoms with van der Waals surface area (Å²) in [6.07, 6.45) is 0.447. The van der Waals surface area contributed by atoms with Crippen LogP contribution in [0.15, 0.2) is 22.7 Å². The fourth-order valence-electron chi connectivity index (χ4n) is 3.88. The van der Waals surface area contributed by atoms with E-state index in [0.29, 0.717) is 17.1 Å². The van der Waals surface area contributed by atoms with Crippen LogP contribution in [0.5, 0.6) is 5.75 Å². The van der Waals surface area contributed by atoms with Crippen molar-refractivity contribution >= 4 is 33.3 Å². The van der Waals surface area contributed by atoms with Crippen LogP contribution in [0.1, 0.15) is 35.7 Å². The molecule has 198 valence electrons. The van der Waals surface area contributed by atoms with Crippen molar-refractivity contribution in [2.75, 3.05) is 43.6 Å². The number of hydrogen-bond donors (Lipinski definition) is 3. The number of hydrogen-bond acceptors (Lipinski definition) is 8. The number of aliphatic hydroxyl groups is 1. The maximum absolute atomic E-state index is 13.5. The van der Waals surface area contributed by atoms with E-state index in [1.165, 1.54) is 16.3 Å². The summed E-state index contributed by atoms with van der Waals surface area (Å²) in [5, 5.41) is 19.0. The number of carbonyl (C=O) groups is 2. The topological polar surface area (TPSA) is 154 Å². The molecule has 36 heavy (non-hydrogen) atoms. The SMILES string of the molecule is Cc1noc(C)c1NC(=O)Nc1cccc2c1O[C@H](CN(C)S(C)(=O)=O)[C@@H](C)CN([C@H](C)CO)C2=O. The van der Waals surface area contributed by atoms with Gasteiger partial charge in [0.05, 0.1) is 36.7 Å². The number of aromatic nitrogens is 1. The van der Waals surface area contributed by atoms with Gasteiger partial charge in [0, 0.05) is 19.5 Å². The Bertz CT molecular complexity index is 1210. The molecule has 0 radical (unpaired) electrons. The number of urea groups is 1. The number of anilines is 2. The lowest BCUT2D eigenvalue weighted by atomic mass is 9.99. The number of nitrogens with one attached hydrogen (secondary N) is 2. The smallest absolute Gasteiger partial charge is 0.323 e. The van der Waals surface area contributed by atoms with Gasteiger partial charge in [0.15, 0.2) is 11.5 Å². The van der Waals surface area contributed by atoms with Crippen LogP contribution in [0.2, 0.25) is 0 Å². The predicted octanol–water partition coefficient (Wildman–Crippen LogP) is 2.05. The molecule has 3 rings (SSSR count). The van der Waals surface area contributed by atoms with Crippen molar-refractivity contribution in [1.29, 1.82) is 0 Å². The molecule has 2 heterocycles. The van der Waals surface area contributed by atoms with Gasteiger partial charge in [-0.05, 0) is 32.9 Å². The third-order valence-corrected chi connectivity index (χ3v) is 7.50. The van der Waals surface area contributed by atoms with Crippen molar-refractivity contribution in [2.24, 2.45) is 5.92 Å². The molecule has 1 aromatic heterocycles. The number of amides is 3. The summed E-state index contributed by atoms with van der Waals surface area (Å²) in [5.74, 6) is -0.124. The first-order chi connectivity index (χ1) is 16.8. The summed E-state index contributed by atoms with van der Waals surface area (Å²) in [6, 6.07) is 3.67. The number of fused-ring (bicyclic) bond motifs is 1. The van der Waals surface area contributed by atoms with Crippen LogP contribution < -0.4 is 15.4 Å². The molecule has 12 nitrogen and oxygen atoms in total. The third-order valence-electron chi connectivity index (χ3n) is 6.21. The van der Waals surface area contributed by atoms with E-state index in [4.69, 9.17) is 9.26 Å². The second-order valence-corrected chi connectivity index (χ2v) is 11.2. The highest BCUT2D eigenvalue weighted by Crippen LogP contribution is 2.35. The van der Waals surface area contributed by atoms with E-state index in [2.05, 4.69) is 15.8 Å². The molecule has 3 amide bonds. The number of nitrogens with zero attached hydrogens (tertiary/aromatic N) is 3. The first-order valence-corrected chi connectivity index (χ1v) is 13.3. The summed E-state index contributed by atoms with van der Waals surface area (Å²) in [6.45, 7) is 6.94. The molecular formula is C23H33N5O7S. The number of aliphatic hydroxyl groups excluding tert-OH is 1. The Labute approximate surface area is 210 Å². The molecule has 0 saturated carbocycles. The molecule has 3 atom stereocenters. The zero-order chi connectivity index (χ0) is 26.8. The number of ether oxygens (including phenoxy) is 1. The number of sulfonamides is 1. The van der Waals surface area contributed by atoms with Crippen LogP contribution >= 0.6 is 0 Å². The second kappa shape index (κ2) is 10.8. The fraction of sp³-hybridized carbons (Fsp3) is 0.522. The van der Waals surface area contributed by atoms with Gasteiger partial charge in [0.2, 0.25) is 10.0 Å². The van der Waals surface area contributed by atoms with Gasteiger partial charge in [-0.25, -0.2) is 17.5 Å². The van der Waals surface area contributed by atoms with Crippen LogP contribution in [-0.4, -0.2) is 85.0 Å². The predicted molar refractivity (Wildman–Crippen MR) is 134 cm³/mol. The molecule has 1 aliphatic heterocycles. The minimum atomic E-state index is -3.50. The van der Waals surface area contributed by atoms with Gasteiger partial charge in [-0.15, -0.1) is 0 Å². The first kappa shape index (κ1) is 27.4. The highest BCUT2D eigenvalue weighted by Gasteiger charge is 2.35. The Morgan fingerprint density at radius 3 is 2.61 bits per heavy atom. The van der Waals surface area contributed by atoms with Gasteiger partial charge in [0.1, 0.15) is 17.5 Å². The van der Waals surface area contributed by atoms with Crippen LogP contribution in [0.4, 0.5) is 16.2 Å². The maximum Gasteiger partial charge on any atom is 0.323 e. The molecule has 1 aliphatic rings. The zero-order valence-corrected chi connectivity index (χ0v) is 22.0. The van der Waals surface area contributed by atoms with Gasteiger partial charge in [-0.2, -0.15) is 0 Å². The molecule has 0 unspecified atom stereocenters. The number of para-hydroxylation sites is 1. The summed E-state index contributed by atoms with van der Waals surface area (Å²) in [5.41, 5.74) is 1.34. The Hall–Kier alpha value is -3.16. The summed E-state index contributed by atoms with van der Waals surface area (Å²) < 4.78 is 36.7. The maximum atomic E-state index is 13.5. The van der Waals surface area contributed by atoms with Gasteiger partial charge in [0.25, 0.3) is 5.91 Å². The van der Waals surface area contributed by atoms with E-state index in [1.807, 2.05) is 6.92 Å². The second-order valence-electron chi connectivity index (χ2n) is 9.13. The van der Waals surface area contributed by atoms with Gasteiger partial charge >= 0.3 is 6.03 Å². The average molecular weight is 524 g/mol. The van der Waals surface area contributed by atoms with Crippen molar-refractivity contribution in [2.45, 2.75) is 39.8 Å². The molecule has 1 aromatic carbocycles. The monoisotopic (exact) mass is 523 g/mol. The molecule has 0 aliphatic carbocycles. The minimum Gasteiger partial charge on any atom is -0.486 e. The lowest BCUT2D eigenvalue weighted by Gasteiger charge is -2.38. The van der Waals surface area contributed by atoms with Crippen molar-refractivity contribution in [3.63, 3.8) is 0 Å². The first-order valence-electron chi connectivity index (χ1n) is 11.5. The van der Waals surface area contributed by atoms with E-state index >= 15 is 0 Å². The Balaban J connectivity index is 2.01. The fourth-order valence-corrected chi connectivity index (χ4v) is 4.29. The standard InChI is InChI=1S/C23H33N5O7S/c1-13-10-28(14(2)12-29)22(30)17-8-7-9-18(21(17)34-19(13)11-27(5)36(6,32)33)24-23(31)25-20-15(3)26-35-16(20)4/h7-9,13-14,19,29H,10-12H2,1-6H3,(H2,24,25,31)/t13-,14+,19+/m0/s1. The lowest BCUT2D eigenvalue weighted by Crippen LogP contribution is -2.50. The largest absolute Gasteiger partial charge is 0.486 e. The summed E-state index contributed by atoms with van der Waals surface area (Å²) in [7, 11) is -2.05. The summed E-state index contributed by atoms with van der Waals surface area (Å²) >= 11 is 0. The molecule has 3 N–H and O–H groups in total. The molecule has 0 spiro atoms. The van der Waals surface area contributed by atoms with Crippen LogP contribution in [-0.2, 0) is 10.0 Å². The third kappa shape index (κ3) is 5.97. The van der Waals surface area contributed by atoms with Crippen LogP contribution in [0.3, 0.4) is 0 Å². The van der Waals surface area contributed by atoms with Gasteiger partial charge in [-0.1, -0.05) is 18.1 Å². The molecule has 0 bridgehead atoms. The van der Waals surface area contributed by atoms with E-state index < -0.39 is 28.2 Å². The molecule has 0 saturated heterocycles. The molecule has 13 heteroatoms. The summed E-state index contributed by atoms with van der Waals surface area (Å²) in [4.78, 5) is 27.8. The van der Waals surface area contributed by atoms with E-state index in [-0.39, 0.29) is 48.5 Å². The van der Waals surface area contributed by atoms with Crippen molar-refractivity contribution < 1.29 is 32.4 Å². The zero-order valence-electron chi connectivity index (χ0n) is 21.2. The Morgan fingerprint density at radius 2 is 2.03 bits per heavy atom. The van der Waals surface area contributed by atoms with Crippen molar-refractivity contribution in [3.8, 4) is 5.75 Å². The quantitative estimate of drug-likeness (QED) is 0.498. The van der Waals surface area contributed by atoms with E-state index in [0.717, 1.165) is 6.26 Å². The van der Waals surface area contributed by atoms with Crippen molar-refractivity contribution in [3.05, 3.63) is 35.2 Å². The van der Waals surface area contributed by atoms with Gasteiger partial charge in [-0.3, -0.25) is 4.79 Å². The number of rotatable bonds is 7. The number of aryl methyl sites for hydroxylation is 2. The highest BCUT2D eigenvalue weighted by atomic mass is 32.2. The van der Waals surface area contributed by atoms with Crippen LogP contribution in [0, 0.1) is 19.8 Å². The Morgan fingerprint density at radius 1 is 1.33 bits per heavy atom. The number of likely N-dealkylation sites (N-methyl/N-ethyl adjacent to an activating group) is 1. The van der Waals surface area contributed by atoms with Crippen LogP contribution in [0.25, 0.3) is 0 Å². The number of benzene rings is 1. The molecule has 0 fully saturated rings. The van der Waals surface area contributed by atoms with E-state index in [9.17, 15) is 23.1 Å². The minimum absolute atomic E-state index is 0.0224.